The van der Waals surface area contributed by atoms with Gasteiger partial charge in [-0.1, -0.05) is 22.9 Å². The fourth-order valence-corrected chi connectivity index (χ4v) is 2.21. The summed E-state index contributed by atoms with van der Waals surface area (Å²) >= 11 is 0. The summed E-state index contributed by atoms with van der Waals surface area (Å²) in [5.74, 6) is 0.914. The van der Waals surface area contributed by atoms with Gasteiger partial charge in [-0.05, 0) is 33.0 Å². The third kappa shape index (κ3) is 3.74. The molecule has 2 aromatic heterocycles. The highest BCUT2D eigenvalue weighted by Gasteiger charge is 2.14. The molecule has 3 aromatic rings. The minimum Gasteiger partial charge on any atom is -0.332 e. The Morgan fingerprint density at radius 2 is 2.04 bits per heavy atom. The number of nitrogens with one attached hydrogen (secondary N) is 2. The molecule has 0 spiro atoms. The van der Waals surface area contributed by atoms with E-state index in [1.165, 1.54) is 10.7 Å². The SMILES string of the molecule is CNC(C)Cc1noc(-c2cc(=O)n(-c3ccc(C)cc3)[nH]2)n1.Cl. The van der Waals surface area contributed by atoms with Crippen LogP contribution in [0.2, 0.25) is 0 Å². The number of H-pyrrole nitrogens is 1. The predicted molar refractivity (Wildman–Crippen MR) is 93.9 cm³/mol. The number of benzene rings is 1. The average Bonchev–Trinajstić information content (AvgIpc) is 3.15. The molecule has 0 aliphatic heterocycles. The van der Waals surface area contributed by atoms with Crippen LogP contribution in [0.25, 0.3) is 17.3 Å². The number of hydrogen-bond acceptors (Lipinski definition) is 5. The lowest BCUT2D eigenvalue weighted by atomic mass is 10.2. The first-order valence-electron chi connectivity index (χ1n) is 7.46. The quantitative estimate of drug-likeness (QED) is 0.736. The normalized spacial score (nSPS) is 12.0. The van der Waals surface area contributed by atoms with Crippen LogP contribution in [0.15, 0.2) is 39.6 Å². The molecule has 0 aliphatic carbocycles. The summed E-state index contributed by atoms with van der Waals surface area (Å²) in [6, 6.07) is 9.36. The Morgan fingerprint density at radius 1 is 1.33 bits per heavy atom. The second-order valence-electron chi connectivity index (χ2n) is 5.59. The largest absolute Gasteiger partial charge is 0.332 e. The van der Waals surface area contributed by atoms with Gasteiger partial charge in [-0.25, -0.2) is 4.68 Å². The average molecular weight is 350 g/mol. The van der Waals surface area contributed by atoms with Gasteiger partial charge in [0.05, 0.1) is 5.69 Å². The monoisotopic (exact) mass is 349 g/mol. The molecule has 0 aliphatic rings. The maximum atomic E-state index is 12.2. The Bertz CT molecular complexity index is 850. The summed E-state index contributed by atoms with van der Waals surface area (Å²) in [7, 11) is 1.88. The summed E-state index contributed by atoms with van der Waals surface area (Å²) in [5.41, 5.74) is 2.22. The van der Waals surface area contributed by atoms with E-state index < -0.39 is 0 Å². The zero-order valence-electron chi connectivity index (χ0n) is 13.7. The third-order valence-corrected chi connectivity index (χ3v) is 3.69. The number of aryl methyl sites for hydroxylation is 1. The van der Waals surface area contributed by atoms with Crippen LogP contribution < -0.4 is 10.9 Å². The van der Waals surface area contributed by atoms with E-state index in [-0.39, 0.29) is 24.0 Å². The summed E-state index contributed by atoms with van der Waals surface area (Å²) in [6.45, 7) is 4.03. The fourth-order valence-electron chi connectivity index (χ4n) is 2.21. The van der Waals surface area contributed by atoms with Crippen LogP contribution in [-0.4, -0.2) is 33.0 Å². The van der Waals surface area contributed by atoms with E-state index >= 15 is 0 Å². The Morgan fingerprint density at radius 3 is 2.71 bits per heavy atom. The van der Waals surface area contributed by atoms with Gasteiger partial charge in [0.2, 0.25) is 0 Å². The molecular weight excluding hydrogens is 330 g/mol. The molecule has 0 amide bonds. The lowest BCUT2D eigenvalue weighted by Crippen LogP contribution is -2.24. The van der Waals surface area contributed by atoms with Crippen molar-refractivity contribution in [1.29, 1.82) is 0 Å². The summed E-state index contributed by atoms with van der Waals surface area (Å²) in [5, 5.41) is 10.1. The number of aromatic nitrogens is 4. The second-order valence-corrected chi connectivity index (χ2v) is 5.59. The highest BCUT2D eigenvalue weighted by Crippen LogP contribution is 2.15. The second kappa shape index (κ2) is 7.46. The molecule has 7 nitrogen and oxygen atoms in total. The van der Waals surface area contributed by atoms with Gasteiger partial charge >= 0.3 is 0 Å². The van der Waals surface area contributed by atoms with Gasteiger partial charge in [0.1, 0.15) is 5.69 Å². The predicted octanol–water partition coefficient (Wildman–Crippen LogP) is 2.10. The van der Waals surface area contributed by atoms with Crippen molar-refractivity contribution in [1.82, 2.24) is 25.2 Å². The molecule has 2 heterocycles. The van der Waals surface area contributed by atoms with Gasteiger partial charge in [0, 0.05) is 18.5 Å². The van der Waals surface area contributed by atoms with Crippen molar-refractivity contribution >= 4 is 12.4 Å². The lowest BCUT2D eigenvalue weighted by molar-refractivity contribution is 0.417. The van der Waals surface area contributed by atoms with Crippen molar-refractivity contribution in [3.8, 4) is 17.3 Å². The third-order valence-electron chi connectivity index (χ3n) is 3.69. The molecule has 0 saturated carbocycles. The topological polar surface area (TPSA) is 88.7 Å². The molecule has 1 aromatic carbocycles. The van der Waals surface area contributed by atoms with Crippen LogP contribution >= 0.6 is 12.4 Å². The Kier molecular flexibility index (Phi) is 5.58. The van der Waals surface area contributed by atoms with Crippen LogP contribution in [0, 0.1) is 6.92 Å². The zero-order chi connectivity index (χ0) is 16.4. The first-order valence-corrected chi connectivity index (χ1v) is 7.46. The van der Waals surface area contributed by atoms with Gasteiger partial charge in [0.15, 0.2) is 5.82 Å². The van der Waals surface area contributed by atoms with Crippen molar-refractivity contribution in [2.45, 2.75) is 26.3 Å². The van der Waals surface area contributed by atoms with Crippen LogP contribution in [0.4, 0.5) is 0 Å². The molecule has 0 fully saturated rings. The standard InChI is InChI=1S/C16H19N5O2.ClH/c1-10-4-6-12(7-5-10)21-15(22)9-13(19-21)16-18-14(20-23-16)8-11(2)17-3;/h4-7,9,11,17,19H,8H2,1-3H3;1H. The van der Waals surface area contributed by atoms with Crippen LogP contribution in [0.5, 0.6) is 0 Å². The molecule has 2 N–H and O–H groups in total. The number of likely N-dealkylation sites (N-methyl/N-ethyl adjacent to an activating group) is 1. The molecule has 128 valence electrons. The zero-order valence-corrected chi connectivity index (χ0v) is 14.6. The number of hydrogen-bond donors (Lipinski definition) is 2. The Hall–Kier alpha value is -2.38. The summed E-state index contributed by atoms with van der Waals surface area (Å²) < 4.78 is 6.70. The maximum absolute atomic E-state index is 12.2. The molecule has 0 bridgehead atoms. The molecule has 24 heavy (non-hydrogen) atoms. The van der Waals surface area contributed by atoms with Crippen molar-refractivity contribution < 1.29 is 4.52 Å². The van der Waals surface area contributed by atoms with Crippen molar-refractivity contribution in [2.75, 3.05) is 7.05 Å². The van der Waals surface area contributed by atoms with E-state index in [4.69, 9.17) is 4.52 Å². The fraction of sp³-hybridized carbons (Fsp3) is 0.312. The molecule has 8 heteroatoms. The molecular formula is C16H20ClN5O2. The molecule has 1 unspecified atom stereocenters. The summed E-state index contributed by atoms with van der Waals surface area (Å²) in [4.78, 5) is 16.5. The maximum Gasteiger partial charge on any atom is 0.276 e. The first kappa shape index (κ1) is 18.0. The highest BCUT2D eigenvalue weighted by molar-refractivity contribution is 5.85. The van der Waals surface area contributed by atoms with Crippen LogP contribution in [-0.2, 0) is 6.42 Å². The Labute approximate surface area is 145 Å². The highest BCUT2D eigenvalue weighted by atomic mass is 35.5. The van der Waals surface area contributed by atoms with Crippen molar-refractivity contribution in [2.24, 2.45) is 0 Å². The van der Waals surface area contributed by atoms with E-state index in [0.29, 0.717) is 23.8 Å². The Balaban J connectivity index is 0.00000208. The van der Waals surface area contributed by atoms with E-state index in [1.54, 1.807) is 0 Å². The number of nitrogens with zero attached hydrogens (tertiary/aromatic N) is 3. The van der Waals surface area contributed by atoms with Gasteiger partial charge in [0.25, 0.3) is 11.4 Å². The molecule has 3 rings (SSSR count). The van der Waals surface area contributed by atoms with Gasteiger partial charge < -0.3 is 9.84 Å². The molecule has 0 saturated heterocycles. The van der Waals surface area contributed by atoms with E-state index in [2.05, 4.69) is 20.6 Å². The lowest BCUT2D eigenvalue weighted by Gasteiger charge is -2.04. The van der Waals surface area contributed by atoms with Crippen molar-refractivity contribution in [3.63, 3.8) is 0 Å². The van der Waals surface area contributed by atoms with Gasteiger partial charge in [-0.15, -0.1) is 12.4 Å². The number of halogens is 1. The minimum absolute atomic E-state index is 0. The van der Waals surface area contributed by atoms with Gasteiger partial charge in [-0.3, -0.25) is 9.89 Å². The number of rotatable bonds is 5. The van der Waals surface area contributed by atoms with Gasteiger partial charge in [-0.2, -0.15) is 4.98 Å². The van der Waals surface area contributed by atoms with Crippen LogP contribution in [0.3, 0.4) is 0 Å². The summed E-state index contributed by atoms with van der Waals surface area (Å²) in [6.07, 6.45) is 0.656. The van der Waals surface area contributed by atoms with Crippen molar-refractivity contribution in [3.05, 3.63) is 52.1 Å². The molecule has 1 atom stereocenters. The van der Waals surface area contributed by atoms with E-state index in [0.717, 1.165) is 11.3 Å². The van der Waals surface area contributed by atoms with Crippen LogP contribution in [0.1, 0.15) is 18.3 Å². The number of aromatic amines is 1. The minimum atomic E-state index is -0.174. The first-order chi connectivity index (χ1) is 11.1. The van der Waals surface area contributed by atoms with E-state index in [1.807, 2.05) is 45.2 Å². The smallest absolute Gasteiger partial charge is 0.276 e. The molecule has 0 radical (unpaired) electrons. The van der Waals surface area contributed by atoms with E-state index in [9.17, 15) is 4.79 Å².